The quantitative estimate of drug-likeness (QED) is 0.874. The van der Waals surface area contributed by atoms with E-state index in [1.165, 1.54) is 6.07 Å². The molecule has 0 aromatic heterocycles. The van der Waals surface area contributed by atoms with Crippen LogP contribution in [0.1, 0.15) is 30.9 Å². The van der Waals surface area contributed by atoms with Crippen molar-refractivity contribution in [2.45, 2.75) is 38.5 Å². The topological polar surface area (TPSA) is 20.2 Å². The second-order valence-electron chi connectivity index (χ2n) is 5.17. The fourth-order valence-corrected chi connectivity index (χ4v) is 2.24. The van der Waals surface area contributed by atoms with Gasteiger partial charge in [-0.25, -0.2) is 0 Å². The van der Waals surface area contributed by atoms with Gasteiger partial charge in [0.15, 0.2) is 0 Å². The van der Waals surface area contributed by atoms with Crippen molar-refractivity contribution in [3.05, 3.63) is 35.4 Å². The van der Waals surface area contributed by atoms with Crippen LogP contribution in [-0.2, 0) is 12.6 Å². The van der Waals surface area contributed by atoms with E-state index in [1.54, 1.807) is 6.07 Å². The van der Waals surface area contributed by atoms with E-state index < -0.39 is 17.8 Å². The Hall–Kier alpha value is -1.03. The number of halogens is 3. The molecule has 1 saturated carbocycles. The van der Waals surface area contributed by atoms with Gasteiger partial charge in [-0.05, 0) is 42.7 Å². The largest absolute Gasteiger partial charge is 0.416 e. The van der Waals surface area contributed by atoms with Crippen LogP contribution in [0.25, 0.3) is 0 Å². The van der Waals surface area contributed by atoms with Gasteiger partial charge in [-0.2, -0.15) is 13.2 Å². The fraction of sp³-hybridized carbons (Fsp3) is 0.571. The van der Waals surface area contributed by atoms with E-state index in [0.717, 1.165) is 25.0 Å². The molecule has 0 aliphatic heterocycles. The summed E-state index contributed by atoms with van der Waals surface area (Å²) in [6.45, 7) is 1.97. The van der Waals surface area contributed by atoms with Crippen LogP contribution >= 0.6 is 0 Å². The molecule has 1 N–H and O–H groups in total. The summed E-state index contributed by atoms with van der Waals surface area (Å²) in [6, 6.07) is 5.22. The lowest BCUT2D eigenvalue weighted by molar-refractivity contribution is -0.137. The molecule has 0 bridgehead atoms. The van der Waals surface area contributed by atoms with Crippen molar-refractivity contribution < 1.29 is 18.3 Å². The fourth-order valence-electron chi connectivity index (χ4n) is 2.24. The summed E-state index contributed by atoms with van der Waals surface area (Å²) in [7, 11) is 0. The van der Waals surface area contributed by atoms with Gasteiger partial charge in [-0.3, -0.25) is 0 Å². The number of alkyl halides is 3. The Morgan fingerprint density at radius 3 is 2.56 bits per heavy atom. The molecule has 2 atom stereocenters. The number of rotatable bonds is 4. The van der Waals surface area contributed by atoms with Gasteiger partial charge < -0.3 is 5.11 Å². The average molecular weight is 258 g/mol. The third kappa shape index (κ3) is 3.25. The molecule has 1 aromatic rings. The molecule has 0 amide bonds. The predicted octanol–water partition coefficient (Wildman–Crippen LogP) is 3.65. The molecule has 1 aromatic carbocycles. The molecular weight excluding hydrogens is 241 g/mol. The van der Waals surface area contributed by atoms with Gasteiger partial charge in [-0.15, -0.1) is 0 Å². The molecule has 18 heavy (non-hydrogen) atoms. The lowest BCUT2D eigenvalue weighted by Gasteiger charge is -2.18. The number of aliphatic hydroxyl groups excluding tert-OH is 1. The Labute approximate surface area is 105 Å². The summed E-state index contributed by atoms with van der Waals surface area (Å²) in [5.74, 6) is 0.713. The van der Waals surface area contributed by atoms with Crippen LogP contribution in [0.2, 0.25) is 0 Å². The molecule has 2 unspecified atom stereocenters. The van der Waals surface area contributed by atoms with Gasteiger partial charge in [0.1, 0.15) is 0 Å². The minimum Gasteiger partial charge on any atom is -0.392 e. The second-order valence-corrected chi connectivity index (χ2v) is 5.17. The third-order valence-corrected chi connectivity index (χ3v) is 3.67. The minimum absolute atomic E-state index is 0.166. The molecule has 0 saturated heterocycles. The van der Waals surface area contributed by atoms with Crippen LogP contribution in [0, 0.1) is 11.8 Å². The van der Waals surface area contributed by atoms with Crippen molar-refractivity contribution in [3.63, 3.8) is 0 Å². The standard InChI is InChI=1S/C14H17F3O/c1-9(11-5-6-11)13(18)8-10-3-2-4-12(7-10)14(15,16)17/h2-4,7,9,11,13,18H,5-6,8H2,1H3. The van der Waals surface area contributed by atoms with Gasteiger partial charge in [0, 0.05) is 0 Å². The molecule has 0 spiro atoms. The molecule has 1 fully saturated rings. The predicted molar refractivity (Wildman–Crippen MR) is 63.0 cm³/mol. The smallest absolute Gasteiger partial charge is 0.392 e. The van der Waals surface area contributed by atoms with Crippen LogP contribution in [-0.4, -0.2) is 11.2 Å². The van der Waals surface area contributed by atoms with Gasteiger partial charge in [0.2, 0.25) is 0 Å². The van der Waals surface area contributed by atoms with Crippen LogP contribution in [0.3, 0.4) is 0 Å². The summed E-state index contributed by atoms with van der Waals surface area (Å²) >= 11 is 0. The first-order valence-electron chi connectivity index (χ1n) is 6.22. The lowest BCUT2D eigenvalue weighted by atomic mass is 9.93. The Morgan fingerprint density at radius 1 is 1.33 bits per heavy atom. The Bertz CT molecular complexity index is 410. The van der Waals surface area contributed by atoms with Gasteiger partial charge in [0.25, 0.3) is 0 Å². The van der Waals surface area contributed by atoms with Crippen LogP contribution in [0.4, 0.5) is 13.2 Å². The maximum absolute atomic E-state index is 12.5. The molecule has 2 rings (SSSR count). The van der Waals surface area contributed by atoms with Crippen molar-refractivity contribution >= 4 is 0 Å². The first-order valence-corrected chi connectivity index (χ1v) is 6.22. The first kappa shape index (κ1) is 13.4. The second kappa shape index (κ2) is 4.92. The molecule has 4 heteroatoms. The highest BCUT2D eigenvalue weighted by atomic mass is 19.4. The Balaban J connectivity index is 2.04. The zero-order chi connectivity index (χ0) is 13.3. The van der Waals surface area contributed by atoms with Crippen molar-refractivity contribution in [1.29, 1.82) is 0 Å². The number of benzene rings is 1. The summed E-state index contributed by atoms with van der Waals surface area (Å²) in [4.78, 5) is 0. The van der Waals surface area contributed by atoms with Crippen molar-refractivity contribution in [3.8, 4) is 0 Å². The normalized spacial score (nSPS) is 19.6. The number of aliphatic hydroxyl groups is 1. The highest BCUT2D eigenvalue weighted by molar-refractivity contribution is 5.26. The van der Waals surface area contributed by atoms with Gasteiger partial charge in [0.05, 0.1) is 11.7 Å². The Morgan fingerprint density at radius 2 is 2.00 bits per heavy atom. The van der Waals surface area contributed by atoms with E-state index >= 15 is 0 Å². The van der Waals surface area contributed by atoms with Crippen molar-refractivity contribution in [2.75, 3.05) is 0 Å². The zero-order valence-corrected chi connectivity index (χ0v) is 10.2. The minimum atomic E-state index is -4.32. The summed E-state index contributed by atoms with van der Waals surface area (Å²) in [5, 5.41) is 9.99. The number of hydrogen-bond donors (Lipinski definition) is 1. The number of hydrogen-bond acceptors (Lipinski definition) is 1. The maximum atomic E-state index is 12.5. The summed E-state index contributed by atoms with van der Waals surface area (Å²) < 4.78 is 37.6. The van der Waals surface area contributed by atoms with Crippen LogP contribution < -0.4 is 0 Å². The van der Waals surface area contributed by atoms with Gasteiger partial charge in [-0.1, -0.05) is 25.1 Å². The van der Waals surface area contributed by atoms with Crippen molar-refractivity contribution in [1.82, 2.24) is 0 Å². The monoisotopic (exact) mass is 258 g/mol. The molecule has 1 nitrogen and oxygen atoms in total. The van der Waals surface area contributed by atoms with Crippen LogP contribution in [0.15, 0.2) is 24.3 Å². The SMILES string of the molecule is CC(C(O)Cc1cccc(C(F)(F)F)c1)C1CC1. The van der Waals surface area contributed by atoms with Crippen molar-refractivity contribution in [2.24, 2.45) is 11.8 Å². The molecule has 1 aliphatic rings. The highest BCUT2D eigenvalue weighted by Crippen LogP contribution is 2.39. The average Bonchev–Trinajstić information content (AvgIpc) is 3.11. The van der Waals surface area contributed by atoms with E-state index in [-0.39, 0.29) is 5.92 Å². The van der Waals surface area contributed by atoms with E-state index in [1.807, 2.05) is 6.92 Å². The summed E-state index contributed by atoms with van der Waals surface area (Å²) in [6.07, 6.45) is -2.33. The highest BCUT2D eigenvalue weighted by Gasteiger charge is 2.33. The maximum Gasteiger partial charge on any atom is 0.416 e. The molecule has 1 aliphatic carbocycles. The summed E-state index contributed by atoms with van der Waals surface area (Å²) in [5.41, 5.74) is -0.101. The van der Waals surface area contributed by atoms with E-state index in [2.05, 4.69) is 0 Å². The van der Waals surface area contributed by atoms with Gasteiger partial charge >= 0.3 is 6.18 Å². The van der Waals surface area contributed by atoms with E-state index in [9.17, 15) is 18.3 Å². The first-order chi connectivity index (χ1) is 8.38. The molecule has 0 radical (unpaired) electrons. The van der Waals surface area contributed by atoms with E-state index in [4.69, 9.17) is 0 Å². The molecule has 0 heterocycles. The third-order valence-electron chi connectivity index (χ3n) is 3.67. The Kier molecular flexibility index (Phi) is 3.66. The molecule has 100 valence electrons. The van der Waals surface area contributed by atoms with Crippen LogP contribution in [0.5, 0.6) is 0 Å². The molecular formula is C14H17F3O. The zero-order valence-electron chi connectivity index (χ0n) is 10.2. The van der Waals surface area contributed by atoms with E-state index in [0.29, 0.717) is 17.9 Å². The lowest BCUT2D eigenvalue weighted by Crippen LogP contribution is -2.22.